The molecule has 2 aromatic carbocycles. The number of hydrogen-bond acceptors (Lipinski definition) is 5. The van der Waals surface area contributed by atoms with E-state index in [1.807, 2.05) is 18.4 Å². The Bertz CT molecular complexity index is 1260. The summed E-state index contributed by atoms with van der Waals surface area (Å²) >= 11 is 1.36. The van der Waals surface area contributed by atoms with E-state index < -0.39 is 10.0 Å². The second kappa shape index (κ2) is 10.4. The molecule has 0 bridgehead atoms. The number of thiazole rings is 1. The Hall–Kier alpha value is -2.55. The fourth-order valence-electron chi connectivity index (χ4n) is 4.44. The Morgan fingerprint density at radius 1 is 1.06 bits per heavy atom. The first-order valence-corrected chi connectivity index (χ1v) is 14.1. The molecule has 1 heterocycles. The number of rotatable bonds is 7. The summed E-state index contributed by atoms with van der Waals surface area (Å²) in [6.07, 6.45) is 5.12. The summed E-state index contributed by atoms with van der Waals surface area (Å²) in [5, 5.41) is 5.25. The molecule has 0 atom stereocenters. The summed E-state index contributed by atoms with van der Waals surface area (Å²) in [6, 6.07) is 12.4. The van der Waals surface area contributed by atoms with E-state index in [1.165, 1.54) is 41.0 Å². The average Bonchev–Trinajstić information content (AvgIpc) is 3.30. The molecule has 0 saturated heterocycles. The van der Waals surface area contributed by atoms with Crippen molar-refractivity contribution in [2.75, 3.05) is 11.9 Å². The Balaban J connectivity index is 1.46. The van der Waals surface area contributed by atoms with Crippen LogP contribution in [-0.2, 0) is 10.0 Å². The molecule has 1 amide bonds. The highest BCUT2D eigenvalue weighted by Crippen LogP contribution is 2.29. The Kier molecular flexibility index (Phi) is 7.50. The van der Waals surface area contributed by atoms with Crippen molar-refractivity contribution in [1.82, 2.24) is 9.29 Å². The molecule has 0 radical (unpaired) electrons. The van der Waals surface area contributed by atoms with E-state index >= 15 is 0 Å². The van der Waals surface area contributed by atoms with Gasteiger partial charge in [-0.25, -0.2) is 13.4 Å². The lowest BCUT2D eigenvalue weighted by molar-refractivity contribution is 0.102. The van der Waals surface area contributed by atoms with Crippen LogP contribution in [0.2, 0.25) is 0 Å². The van der Waals surface area contributed by atoms with E-state index in [0.29, 0.717) is 17.2 Å². The van der Waals surface area contributed by atoms with Crippen molar-refractivity contribution in [3.63, 3.8) is 0 Å². The van der Waals surface area contributed by atoms with Crippen LogP contribution < -0.4 is 5.32 Å². The van der Waals surface area contributed by atoms with Crippen LogP contribution in [-0.4, -0.2) is 36.2 Å². The van der Waals surface area contributed by atoms with Crippen LogP contribution in [0.3, 0.4) is 0 Å². The van der Waals surface area contributed by atoms with E-state index in [9.17, 15) is 13.2 Å². The van der Waals surface area contributed by atoms with Gasteiger partial charge in [0, 0.05) is 29.1 Å². The van der Waals surface area contributed by atoms with Crippen LogP contribution in [0.25, 0.3) is 11.3 Å². The van der Waals surface area contributed by atoms with Gasteiger partial charge in [-0.3, -0.25) is 10.1 Å². The third-order valence-corrected chi connectivity index (χ3v) is 9.34. The summed E-state index contributed by atoms with van der Waals surface area (Å²) in [6.45, 7) is 6.46. The van der Waals surface area contributed by atoms with Gasteiger partial charge < -0.3 is 0 Å². The number of aromatic nitrogens is 1. The molecule has 34 heavy (non-hydrogen) atoms. The van der Waals surface area contributed by atoms with Crippen molar-refractivity contribution >= 4 is 32.4 Å². The third kappa shape index (κ3) is 5.24. The third-order valence-electron chi connectivity index (χ3n) is 6.54. The number of anilines is 1. The van der Waals surface area contributed by atoms with Crippen LogP contribution in [0.4, 0.5) is 5.13 Å². The summed E-state index contributed by atoms with van der Waals surface area (Å²) in [7, 11) is -3.59. The molecule has 3 aromatic rings. The van der Waals surface area contributed by atoms with Crippen LogP contribution in [0, 0.1) is 13.8 Å². The molecule has 0 aliphatic heterocycles. The molecule has 0 unspecified atom stereocenters. The van der Waals surface area contributed by atoms with Gasteiger partial charge in [0.25, 0.3) is 5.91 Å². The lowest BCUT2D eigenvalue weighted by Gasteiger charge is -2.32. The molecule has 1 aromatic heterocycles. The number of nitrogens with zero attached hydrogens (tertiary/aromatic N) is 2. The number of benzene rings is 2. The van der Waals surface area contributed by atoms with Gasteiger partial charge in [0.1, 0.15) is 0 Å². The number of carbonyl (C=O) groups excluding carboxylic acids is 1. The fourth-order valence-corrected chi connectivity index (χ4v) is 6.85. The Labute approximate surface area is 206 Å². The molecule has 1 N–H and O–H groups in total. The van der Waals surface area contributed by atoms with Gasteiger partial charge in [-0.15, -0.1) is 11.3 Å². The highest BCUT2D eigenvalue weighted by atomic mass is 32.2. The van der Waals surface area contributed by atoms with Gasteiger partial charge >= 0.3 is 0 Å². The first-order valence-electron chi connectivity index (χ1n) is 11.8. The summed E-state index contributed by atoms with van der Waals surface area (Å²) in [5.74, 6) is -0.315. The number of amides is 1. The lowest BCUT2D eigenvalue weighted by atomic mass is 9.95. The maximum atomic E-state index is 13.2. The predicted octanol–water partition coefficient (Wildman–Crippen LogP) is 6.02. The quantitative estimate of drug-likeness (QED) is 0.433. The second-order valence-electron chi connectivity index (χ2n) is 8.82. The summed E-state index contributed by atoms with van der Waals surface area (Å²) in [4.78, 5) is 17.5. The van der Waals surface area contributed by atoms with E-state index in [1.54, 1.807) is 16.4 Å². The SMILES string of the molecule is CCN(C1CCCCC1)S(=O)(=O)c1ccc(C(=O)Nc2nc(-c3ccc(C)c(C)c3)cs2)cc1. The smallest absolute Gasteiger partial charge is 0.257 e. The molecule has 180 valence electrons. The van der Waals surface area contributed by atoms with Gasteiger partial charge in [-0.2, -0.15) is 4.31 Å². The van der Waals surface area contributed by atoms with Crippen molar-refractivity contribution in [2.45, 2.75) is 63.8 Å². The predicted molar refractivity (Wildman–Crippen MR) is 138 cm³/mol. The number of aryl methyl sites for hydroxylation is 2. The number of sulfonamides is 1. The van der Waals surface area contributed by atoms with Gasteiger partial charge in [0.15, 0.2) is 5.13 Å². The molecule has 0 spiro atoms. The maximum Gasteiger partial charge on any atom is 0.257 e. The minimum atomic E-state index is -3.59. The zero-order chi connectivity index (χ0) is 24.3. The minimum Gasteiger partial charge on any atom is -0.298 e. The van der Waals surface area contributed by atoms with Crippen LogP contribution in [0.1, 0.15) is 60.5 Å². The van der Waals surface area contributed by atoms with Crippen molar-refractivity contribution in [3.05, 3.63) is 64.5 Å². The van der Waals surface area contributed by atoms with E-state index in [0.717, 1.165) is 36.9 Å². The molecular weight excluding hydrogens is 466 g/mol. The molecule has 1 fully saturated rings. The molecule has 4 rings (SSSR count). The number of nitrogens with one attached hydrogen (secondary N) is 1. The molecule has 1 aliphatic carbocycles. The normalized spacial score (nSPS) is 14.9. The van der Waals surface area contributed by atoms with Crippen molar-refractivity contribution in [3.8, 4) is 11.3 Å². The standard InChI is InChI=1S/C26H31N3O3S2/c1-4-29(22-8-6-5-7-9-22)34(31,32)23-14-12-20(13-15-23)25(30)28-26-27-24(17-33-26)21-11-10-18(2)19(3)16-21/h10-17,22H,4-9H2,1-3H3,(H,27,28,30). The molecule has 8 heteroatoms. The summed E-state index contributed by atoms with van der Waals surface area (Å²) < 4.78 is 28.1. The first kappa shape index (κ1) is 24.6. The Morgan fingerprint density at radius 3 is 2.41 bits per heavy atom. The molecular formula is C26H31N3O3S2. The highest BCUT2D eigenvalue weighted by molar-refractivity contribution is 7.89. The first-order chi connectivity index (χ1) is 16.3. The van der Waals surface area contributed by atoms with Crippen LogP contribution in [0.15, 0.2) is 52.7 Å². The van der Waals surface area contributed by atoms with E-state index in [4.69, 9.17) is 0 Å². The maximum absolute atomic E-state index is 13.2. The van der Waals surface area contributed by atoms with Crippen molar-refractivity contribution in [2.24, 2.45) is 0 Å². The monoisotopic (exact) mass is 497 g/mol. The van der Waals surface area contributed by atoms with Crippen molar-refractivity contribution < 1.29 is 13.2 Å². The summed E-state index contributed by atoms with van der Waals surface area (Å²) in [5.41, 5.74) is 4.62. The van der Waals surface area contributed by atoms with E-state index in [2.05, 4.69) is 36.3 Å². The molecule has 1 saturated carbocycles. The van der Waals surface area contributed by atoms with Gasteiger partial charge in [0.05, 0.1) is 10.6 Å². The van der Waals surface area contributed by atoms with Crippen LogP contribution in [0.5, 0.6) is 0 Å². The number of carbonyl (C=O) groups is 1. The van der Waals surface area contributed by atoms with E-state index in [-0.39, 0.29) is 16.8 Å². The van der Waals surface area contributed by atoms with Crippen molar-refractivity contribution in [1.29, 1.82) is 0 Å². The fraction of sp³-hybridized carbons (Fsp3) is 0.385. The average molecular weight is 498 g/mol. The minimum absolute atomic E-state index is 0.0585. The Morgan fingerprint density at radius 2 is 1.76 bits per heavy atom. The second-order valence-corrected chi connectivity index (χ2v) is 11.6. The van der Waals surface area contributed by atoms with Gasteiger partial charge in [-0.1, -0.05) is 38.3 Å². The topological polar surface area (TPSA) is 79.4 Å². The van der Waals surface area contributed by atoms with Gasteiger partial charge in [0.2, 0.25) is 10.0 Å². The molecule has 1 aliphatic rings. The van der Waals surface area contributed by atoms with Crippen LogP contribution >= 0.6 is 11.3 Å². The lowest BCUT2D eigenvalue weighted by Crippen LogP contribution is -2.41. The molecule has 6 nitrogen and oxygen atoms in total. The zero-order valence-electron chi connectivity index (χ0n) is 19.9. The zero-order valence-corrected chi connectivity index (χ0v) is 21.5. The largest absolute Gasteiger partial charge is 0.298 e. The number of hydrogen-bond donors (Lipinski definition) is 1. The van der Waals surface area contributed by atoms with Gasteiger partial charge in [-0.05, 0) is 68.1 Å². The highest BCUT2D eigenvalue weighted by Gasteiger charge is 2.31.